The highest BCUT2D eigenvalue weighted by Gasteiger charge is 2.19. The summed E-state index contributed by atoms with van der Waals surface area (Å²) in [4.78, 5) is 14.7. The number of rotatable bonds is 5. The lowest BCUT2D eigenvalue weighted by atomic mass is 9.99. The van der Waals surface area contributed by atoms with Gasteiger partial charge in [-0.15, -0.1) is 12.4 Å². The van der Waals surface area contributed by atoms with Gasteiger partial charge in [-0.2, -0.15) is 0 Å². The van der Waals surface area contributed by atoms with E-state index in [2.05, 4.69) is 36.2 Å². The number of carbonyl (C=O) groups excluding carboxylic acids is 1. The van der Waals surface area contributed by atoms with E-state index < -0.39 is 0 Å². The van der Waals surface area contributed by atoms with Gasteiger partial charge in [-0.05, 0) is 54.2 Å². The smallest absolute Gasteiger partial charge is 0.251 e. The number of benzene rings is 2. The molecule has 3 rings (SSSR count). The molecule has 1 heterocycles. The lowest BCUT2D eigenvalue weighted by molar-refractivity contribution is 0.0949. The lowest BCUT2D eigenvalue weighted by Gasteiger charge is -2.32. The first-order valence-corrected chi connectivity index (χ1v) is 9.04. The molecule has 1 aliphatic heterocycles. The summed E-state index contributed by atoms with van der Waals surface area (Å²) in [6, 6.07) is 14.1. The number of fused-ring (bicyclic) bond motifs is 1. The quantitative estimate of drug-likeness (QED) is 0.778. The molecule has 0 saturated heterocycles. The van der Waals surface area contributed by atoms with E-state index in [4.69, 9.17) is 5.73 Å². The van der Waals surface area contributed by atoms with Gasteiger partial charge in [0.15, 0.2) is 0 Å². The van der Waals surface area contributed by atoms with E-state index in [0.29, 0.717) is 12.5 Å². The number of amides is 1. The van der Waals surface area contributed by atoms with Crippen LogP contribution in [0, 0.1) is 5.92 Å². The Hall–Kier alpha value is -2.20. The third-order valence-electron chi connectivity index (χ3n) is 4.62. The van der Waals surface area contributed by atoms with Crippen molar-refractivity contribution in [3.05, 3.63) is 59.2 Å². The summed E-state index contributed by atoms with van der Waals surface area (Å²) >= 11 is 0. The number of hydrogen-bond donors (Lipinski definition) is 2. The van der Waals surface area contributed by atoms with Crippen molar-refractivity contribution in [1.82, 2.24) is 5.32 Å². The average Bonchev–Trinajstić information content (AvgIpc) is 2.61. The number of nitrogen functional groups attached to an aromatic ring is 1. The number of carbonyl (C=O) groups is 1. The minimum atomic E-state index is -0.00108. The Morgan fingerprint density at radius 3 is 2.77 bits per heavy atom. The monoisotopic (exact) mass is 373 g/mol. The van der Waals surface area contributed by atoms with Crippen LogP contribution in [0.25, 0.3) is 0 Å². The van der Waals surface area contributed by atoms with Crippen LogP contribution in [0.15, 0.2) is 42.5 Å². The summed E-state index contributed by atoms with van der Waals surface area (Å²) in [5.41, 5.74) is 11.4. The summed E-state index contributed by atoms with van der Waals surface area (Å²) < 4.78 is 0. The van der Waals surface area contributed by atoms with E-state index >= 15 is 0 Å². The molecule has 4 nitrogen and oxygen atoms in total. The minimum absolute atomic E-state index is 0. The van der Waals surface area contributed by atoms with Crippen LogP contribution >= 0.6 is 12.4 Å². The third-order valence-corrected chi connectivity index (χ3v) is 4.62. The zero-order valence-electron chi connectivity index (χ0n) is 15.5. The molecule has 140 valence electrons. The zero-order chi connectivity index (χ0) is 17.8. The second-order valence-corrected chi connectivity index (χ2v) is 7.17. The second kappa shape index (κ2) is 8.95. The average molecular weight is 374 g/mol. The van der Waals surface area contributed by atoms with Gasteiger partial charge in [0.25, 0.3) is 5.91 Å². The van der Waals surface area contributed by atoms with Gasteiger partial charge in [-0.25, -0.2) is 0 Å². The fourth-order valence-corrected chi connectivity index (χ4v) is 3.32. The van der Waals surface area contributed by atoms with Crippen molar-refractivity contribution in [3.8, 4) is 0 Å². The van der Waals surface area contributed by atoms with Crippen molar-refractivity contribution in [2.75, 3.05) is 23.7 Å². The molecule has 0 unspecified atom stereocenters. The number of hydrogen-bond acceptors (Lipinski definition) is 3. The molecular weight excluding hydrogens is 346 g/mol. The van der Waals surface area contributed by atoms with Gasteiger partial charge in [-0.1, -0.05) is 32.0 Å². The van der Waals surface area contributed by atoms with Crippen LogP contribution in [0.2, 0.25) is 0 Å². The molecule has 0 spiro atoms. The van der Waals surface area contributed by atoms with E-state index in [1.165, 1.54) is 11.3 Å². The van der Waals surface area contributed by atoms with Gasteiger partial charge in [-0.3, -0.25) is 4.79 Å². The number of nitrogens with two attached hydrogens (primary N) is 1. The van der Waals surface area contributed by atoms with Gasteiger partial charge in [0, 0.05) is 36.6 Å². The molecule has 0 fully saturated rings. The predicted molar refractivity (Wildman–Crippen MR) is 111 cm³/mol. The summed E-state index contributed by atoms with van der Waals surface area (Å²) in [6.45, 7) is 6.69. The van der Waals surface area contributed by atoms with Crippen LogP contribution in [0.4, 0.5) is 11.4 Å². The van der Waals surface area contributed by atoms with Gasteiger partial charge in [0.1, 0.15) is 0 Å². The number of anilines is 2. The summed E-state index contributed by atoms with van der Waals surface area (Å²) in [5, 5.41) is 2.98. The summed E-state index contributed by atoms with van der Waals surface area (Å²) in [7, 11) is 0. The molecule has 0 saturated carbocycles. The fourth-order valence-electron chi connectivity index (χ4n) is 3.32. The molecular formula is C21H28ClN3O. The Bertz CT molecular complexity index is 761. The Kier molecular flexibility index (Phi) is 6.92. The summed E-state index contributed by atoms with van der Waals surface area (Å²) in [6.07, 6.45) is 2.14. The molecule has 0 aromatic heterocycles. The van der Waals surface area contributed by atoms with Gasteiger partial charge < -0.3 is 16.0 Å². The maximum Gasteiger partial charge on any atom is 0.251 e. The number of nitrogens with one attached hydrogen (secondary N) is 1. The molecule has 2 aromatic rings. The van der Waals surface area contributed by atoms with E-state index in [1.807, 2.05) is 30.3 Å². The molecule has 2 aromatic carbocycles. The molecule has 0 radical (unpaired) electrons. The number of nitrogens with zero attached hydrogens (tertiary/aromatic N) is 1. The Balaban J connectivity index is 0.00000243. The van der Waals surface area contributed by atoms with E-state index in [-0.39, 0.29) is 18.3 Å². The standard InChI is InChI=1S/C21H27N3O.ClH/c1-15(2)13-23-21(25)17-7-3-6-16(12-17)14-24-11-5-8-18-19(22)9-4-10-20(18)24;/h3-4,6-7,9-10,12,15H,5,8,11,13-14,22H2,1-2H3,(H,23,25);1H. The Morgan fingerprint density at radius 1 is 1.23 bits per heavy atom. The van der Waals surface area contributed by atoms with E-state index in [0.717, 1.165) is 42.7 Å². The maximum absolute atomic E-state index is 12.3. The third kappa shape index (κ3) is 4.70. The van der Waals surface area contributed by atoms with Crippen LogP contribution < -0.4 is 16.0 Å². The van der Waals surface area contributed by atoms with E-state index in [1.54, 1.807) is 0 Å². The van der Waals surface area contributed by atoms with Gasteiger partial charge in [0.2, 0.25) is 0 Å². The molecule has 0 bridgehead atoms. The topological polar surface area (TPSA) is 58.4 Å². The van der Waals surface area contributed by atoms with Crippen molar-refractivity contribution in [1.29, 1.82) is 0 Å². The molecule has 26 heavy (non-hydrogen) atoms. The largest absolute Gasteiger partial charge is 0.398 e. The Morgan fingerprint density at radius 2 is 2.00 bits per heavy atom. The maximum atomic E-state index is 12.3. The minimum Gasteiger partial charge on any atom is -0.398 e. The first kappa shape index (κ1) is 20.1. The molecule has 0 atom stereocenters. The second-order valence-electron chi connectivity index (χ2n) is 7.17. The van der Waals surface area contributed by atoms with Crippen molar-refractivity contribution in [3.63, 3.8) is 0 Å². The van der Waals surface area contributed by atoms with Crippen LogP contribution in [0.3, 0.4) is 0 Å². The highest BCUT2D eigenvalue weighted by atomic mass is 35.5. The fraction of sp³-hybridized carbons (Fsp3) is 0.381. The molecule has 3 N–H and O–H groups in total. The molecule has 1 amide bonds. The van der Waals surface area contributed by atoms with Crippen LogP contribution in [-0.4, -0.2) is 19.0 Å². The predicted octanol–water partition coefficient (Wildman–Crippen LogP) is 4.03. The van der Waals surface area contributed by atoms with Gasteiger partial charge in [0.05, 0.1) is 0 Å². The summed E-state index contributed by atoms with van der Waals surface area (Å²) in [5.74, 6) is 0.446. The molecule has 1 aliphatic rings. The van der Waals surface area contributed by atoms with Crippen molar-refractivity contribution in [2.45, 2.75) is 33.2 Å². The molecule has 0 aliphatic carbocycles. The van der Waals surface area contributed by atoms with Crippen molar-refractivity contribution in [2.24, 2.45) is 5.92 Å². The van der Waals surface area contributed by atoms with Crippen molar-refractivity contribution < 1.29 is 4.79 Å². The highest BCUT2D eigenvalue weighted by molar-refractivity contribution is 5.94. The zero-order valence-corrected chi connectivity index (χ0v) is 16.3. The molecule has 5 heteroatoms. The first-order valence-electron chi connectivity index (χ1n) is 9.04. The Labute approximate surface area is 162 Å². The number of halogens is 1. The van der Waals surface area contributed by atoms with E-state index in [9.17, 15) is 4.79 Å². The van der Waals surface area contributed by atoms with Gasteiger partial charge >= 0.3 is 0 Å². The van der Waals surface area contributed by atoms with Crippen LogP contribution in [0.5, 0.6) is 0 Å². The van der Waals surface area contributed by atoms with Crippen molar-refractivity contribution >= 4 is 29.7 Å². The lowest BCUT2D eigenvalue weighted by Crippen LogP contribution is -2.30. The first-order chi connectivity index (χ1) is 12.0. The highest BCUT2D eigenvalue weighted by Crippen LogP contribution is 2.32. The SMILES string of the molecule is CC(C)CNC(=O)c1cccc(CN2CCCc3c(N)cccc32)c1.Cl. The van der Waals surface area contributed by atoms with Crippen LogP contribution in [0.1, 0.15) is 41.8 Å². The van der Waals surface area contributed by atoms with Crippen LogP contribution in [-0.2, 0) is 13.0 Å². The normalized spacial score (nSPS) is 13.1.